The van der Waals surface area contributed by atoms with Gasteiger partial charge in [0.15, 0.2) is 0 Å². The Balaban J connectivity index is 1.28. The summed E-state index contributed by atoms with van der Waals surface area (Å²) in [6, 6.07) is 13.5. The summed E-state index contributed by atoms with van der Waals surface area (Å²) >= 11 is 1.53. The van der Waals surface area contributed by atoms with Crippen molar-refractivity contribution in [1.82, 2.24) is 15.3 Å². The predicted molar refractivity (Wildman–Crippen MR) is 111 cm³/mol. The van der Waals surface area contributed by atoms with Crippen LogP contribution in [0.2, 0.25) is 0 Å². The molecule has 0 saturated carbocycles. The third-order valence-electron chi connectivity index (χ3n) is 4.36. The van der Waals surface area contributed by atoms with Gasteiger partial charge in [-0.15, -0.1) is 11.3 Å². The van der Waals surface area contributed by atoms with Gasteiger partial charge in [-0.3, -0.25) is 0 Å². The van der Waals surface area contributed by atoms with Gasteiger partial charge in [-0.25, -0.2) is 14.8 Å². The number of aromatic nitrogens is 2. The lowest BCUT2D eigenvalue weighted by atomic mass is 10.2. The molecule has 2 N–H and O–H groups in total. The van der Waals surface area contributed by atoms with E-state index in [0.717, 1.165) is 35.2 Å². The van der Waals surface area contributed by atoms with Gasteiger partial charge in [0.1, 0.15) is 10.8 Å². The summed E-state index contributed by atoms with van der Waals surface area (Å²) in [7, 11) is 0. The summed E-state index contributed by atoms with van der Waals surface area (Å²) in [6.07, 6.45) is 1.67. The second kappa shape index (κ2) is 8.81. The zero-order valence-corrected chi connectivity index (χ0v) is 16.1. The van der Waals surface area contributed by atoms with Crippen LogP contribution >= 0.6 is 11.3 Å². The molecule has 2 amide bonds. The molecule has 1 aliphatic rings. The first-order valence-corrected chi connectivity index (χ1v) is 9.99. The third-order valence-corrected chi connectivity index (χ3v) is 5.21. The summed E-state index contributed by atoms with van der Waals surface area (Å²) in [5, 5.41) is 8.49. The fourth-order valence-corrected chi connectivity index (χ4v) is 3.65. The molecule has 144 valence electrons. The van der Waals surface area contributed by atoms with Crippen LogP contribution in [0, 0.1) is 0 Å². The highest BCUT2D eigenvalue weighted by Gasteiger charge is 2.12. The van der Waals surface area contributed by atoms with Gasteiger partial charge < -0.3 is 20.3 Å². The Labute approximate surface area is 167 Å². The van der Waals surface area contributed by atoms with Gasteiger partial charge in [0.2, 0.25) is 0 Å². The molecule has 1 aromatic carbocycles. The molecule has 1 aliphatic heterocycles. The molecule has 1 saturated heterocycles. The van der Waals surface area contributed by atoms with Gasteiger partial charge in [-0.1, -0.05) is 30.3 Å². The van der Waals surface area contributed by atoms with Gasteiger partial charge in [0.05, 0.1) is 37.3 Å². The van der Waals surface area contributed by atoms with Crippen molar-refractivity contribution in [3.63, 3.8) is 0 Å². The number of carbonyl (C=O) groups excluding carboxylic acids is 1. The van der Waals surface area contributed by atoms with Crippen LogP contribution in [-0.4, -0.2) is 42.3 Å². The maximum atomic E-state index is 12.1. The number of rotatable bonds is 5. The summed E-state index contributed by atoms with van der Waals surface area (Å²) in [6.45, 7) is 3.47. The molecular formula is C20H21N5O2S. The topological polar surface area (TPSA) is 79.4 Å². The Morgan fingerprint density at radius 3 is 2.71 bits per heavy atom. The highest BCUT2D eigenvalue weighted by molar-refractivity contribution is 7.09. The number of thiazole rings is 1. The molecule has 0 spiro atoms. The van der Waals surface area contributed by atoms with Crippen molar-refractivity contribution < 1.29 is 9.53 Å². The number of urea groups is 1. The van der Waals surface area contributed by atoms with Crippen molar-refractivity contribution in [2.24, 2.45) is 0 Å². The number of morpholine rings is 1. The molecular weight excluding hydrogens is 374 g/mol. The number of hydrogen-bond donors (Lipinski definition) is 2. The molecule has 0 bridgehead atoms. The van der Waals surface area contributed by atoms with Crippen LogP contribution in [0.25, 0.3) is 11.3 Å². The molecule has 2 aromatic heterocycles. The molecule has 3 heterocycles. The van der Waals surface area contributed by atoms with Crippen LogP contribution in [0.1, 0.15) is 5.01 Å². The molecule has 28 heavy (non-hydrogen) atoms. The number of hydrogen-bond acceptors (Lipinski definition) is 6. The molecule has 3 aromatic rings. The van der Waals surface area contributed by atoms with Crippen LogP contribution in [0.5, 0.6) is 0 Å². The SMILES string of the molecule is O=C(NCc1nc(-c2ccccc2)cs1)Nc1ccc(N2CCOCC2)nc1. The lowest BCUT2D eigenvalue weighted by Gasteiger charge is -2.27. The first-order valence-electron chi connectivity index (χ1n) is 9.11. The summed E-state index contributed by atoms with van der Waals surface area (Å²) in [4.78, 5) is 23.3. The van der Waals surface area contributed by atoms with Gasteiger partial charge in [-0.05, 0) is 12.1 Å². The van der Waals surface area contributed by atoms with Gasteiger partial charge in [0.25, 0.3) is 0 Å². The van der Waals surface area contributed by atoms with Crippen molar-refractivity contribution in [3.05, 3.63) is 59.0 Å². The van der Waals surface area contributed by atoms with Gasteiger partial charge in [0, 0.05) is 24.0 Å². The average Bonchev–Trinajstić information content (AvgIpc) is 3.23. The molecule has 0 radical (unpaired) electrons. The van der Waals surface area contributed by atoms with E-state index in [1.165, 1.54) is 11.3 Å². The van der Waals surface area contributed by atoms with E-state index in [9.17, 15) is 4.79 Å². The van der Waals surface area contributed by atoms with Crippen LogP contribution in [0.15, 0.2) is 54.0 Å². The number of nitrogens with one attached hydrogen (secondary N) is 2. The molecule has 1 fully saturated rings. The summed E-state index contributed by atoms with van der Waals surface area (Å²) in [5.74, 6) is 0.894. The molecule has 0 aliphatic carbocycles. The Bertz CT molecular complexity index is 908. The predicted octanol–water partition coefficient (Wildman–Crippen LogP) is 3.36. The minimum atomic E-state index is -0.280. The molecule has 0 unspecified atom stereocenters. The fraction of sp³-hybridized carbons (Fsp3) is 0.250. The van der Waals surface area contributed by atoms with Crippen LogP contribution in [0.3, 0.4) is 0 Å². The van der Waals surface area contributed by atoms with E-state index >= 15 is 0 Å². The Kier molecular flexibility index (Phi) is 5.79. The zero-order chi connectivity index (χ0) is 19.2. The number of pyridine rings is 1. The van der Waals surface area contributed by atoms with E-state index in [0.29, 0.717) is 25.4 Å². The lowest BCUT2D eigenvalue weighted by molar-refractivity contribution is 0.122. The van der Waals surface area contributed by atoms with E-state index in [2.05, 4.69) is 25.5 Å². The number of anilines is 2. The van der Waals surface area contributed by atoms with Crippen molar-refractivity contribution in [2.45, 2.75) is 6.54 Å². The van der Waals surface area contributed by atoms with Crippen molar-refractivity contribution in [3.8, 4) is 11.3 Å². The third kappa shape index (κ3) is 4.65. The first kappa shape index (κ1) is 18.4. The van der Waals surface area contributed by atoms with Crippen molar-refractivity contribution in [1.29, 1.82) is 0 Å². The Morgan fingerprint density at radius 2 is 1.96 bits per heavy atom. The van der Waals surface area contributed by atoms with E-state index in [1.807, 2.05) is 47.8 Å². The first-order chi connectivity index (χ1) is 13.8. The number of nitrogens with zero attached hydrogens (tertiary/aromatic N) is 3. The minimum absolute atomic E-state index is 0.280. The number of carbonyl (C=O) groups is 1. The van der Waals surface area contributed by atoms with E-state index in [-0.39, 0.29) is 6.03 Å². The number of benzene rings is 1. The molecule has 7 nitrogen and oxygen atoms in total. The monoisotopic (exact) mass is 395 g/mol. The number of amides is 2. The van der Waals surface area contributed by atoms with Crippen LogP contribution < -0.4 is 15.5 Å². The highest BCUT2D eigenvalue weighted by atomic mass is 32.1. The Morgan fingerprint density at radius 1 is 1.14 bits per heavy atom. The Hall–Kier alpha value is -2.97. The average molecular weight is 395 g/mol. The standard InChI is InChI=1S/C20H21N5O2S/c26-20(22-13-19-24-17(14-28-19)15-4-2-1-3-5-15)23-16-6-7-18(21-12-16)25-8-10-27-11-9-25/h1-7,12,14H,8-11,13H2,(H2,22,23,26). The summed E-state index contributed by atoms with van der Waals surface area (Å²) < 4.78 is 5.35. The van der Waals surface area contributed by atoms with E-state index in [1.54, 1.807) is 6.20 Å². The maximum Gasteiger partial charge on any atom is 0.319 e. The van der Waals surface area contributed by atoms with E-state index in [4.69, 9.17) is 4.74 Å². The van der Waals surface area contributed by atoms with Crippen molar-refractivity contribution in [2.75, 3.05) is 36.5 Å². The quantitative estimate of drug-likeness (QED) is 0.693. The molecule has 4 rings (SSSR count). The normalized spacial score (nSPS) is 13.9. The van der Waals surface area contributed by atoms with Crippen LogP contribution in [0.4, 0.5) is 16.3 Å². The van der Waals surface area contributed by atoms with Crippen LogP contribution in [-0.2, 0) is 11.3 Å². The highest BCUT2D eigenvalue weighted by Crippen LogP contribution is 2.21. The van der Waals surface area contributed by atoms with Crippen molar-refractivity contribution >= 4 is 28.9 Å². The molecule has 8 heteroatoms. The van der Waals surface area contributed by atoms with Gasteiger partial charge >= 0.3 is 6.03 Å². The maximum absolute atomic E-state index is 12.1. The smallest absolute Gasteiger partial charge is 0.319 e. The molecule has 0 atom stereocenters. The minimum Gasteiger partial charge on any atom is -0.378 e. The fourth-order valence-electron chi connectivity index (χ4n) is 2.90. The largest absolute Gasteiger partial charge is 0.378 e. The zero-order valence-electron chi connectivity index (χ0n) is 15.3. The van der Waals surface area contributed by atoms with E-state index < -0.39 is 0 Å². The summed E-state index contributed by atoms with van der Waals surface area (Å²) in [5.41, 5.74) is 2.64. The second-order valence-electron chi connectivity index (χ2n) is 6.30. The number of ether oxygens (including phenoxy) is 1. The van der Waals surface area contributed by atoms with Gasteiger partial charge in [-0.2, -0.15) is 0 Å². The second-order valence-corrected chi connectivity index (χ2v) is 7.25. The lowest BCUT2D eigenvalue weighted by Crippen LogP contribution is -2.36.